The van der Waals surface area contributed by atoms with Crippen LogP contribution in [0.5, 0.6) is 0 Å². The molecule has 0 aromatic heterocycles. The van der Waals surface area contributed by atoms with Crippen LogP contribution in [0.2, 0.25) is 0 Å². The molecule has 3 nitrogen and oxygen atoms in total. The summed E-state index contributed by atoms with van der Waals surface area (Å²) in [6.07, 6.45) is 6.95. The Morgan fingerprint density at radius 3 is 2.40 bits per heavy atom. The summed E-state index contributed by atoms with van der Waals surface area (Å²) in [5.41, 5.74) is 0. The first kappa shape index (κ1) is 17.5. The van der Waals surface area contributed by atoms with E-state index in [1.54, 1.807) is 0 Å². The number of hydrogen-bond donors (Lipinski definition) is 1. The van der Waals surface area contributed by atoms with Gasteiger partial charge in [-0.1, -0.05) is 47.5 Å². The number of amides is 1. The van der Waals surface area contributed by atoms with E-state index in [9.17, 15) is 4.79 Å². The van der Waals surface area contributed by atoms with E-state index in [1.165, 1.54) is 6.42 Å². The highest BCUT2D eigenvalue weighted by atomic mass is 16.2. The molecule has 20 heavy (non-hydrogen) atoms. The van der Waals surface area contributed by atoms with E-state index in [0.29, 0.717) is 11.8 Å². The van der Waals surface area contributed by atoms with E-state index in [1.807, 2.05) is 0 Å². The van der Waals surface area contributed by atoms with E-state index < -0.39 is 0 Å². The van der Waals surface area contributed by atoms with Crippen molar-refractivity contribution >= 4 is 5.91 Å². The lowest BCUT2D eigenvalue weighted by Gasteiger charge is -2.25. The summed E-state index contributed by atoms with van der Waals surface area (Å²) in [5, 5.41) is 3.57. The van der Waals surface area contributed by atoms with Gasteiger partial charge >= 0.3 is 0 Å². The molecule has 2 atom stereocenters. The maximum Gasteiger partial charge on any atom is 0.241 e. The molecule has 118 valence electrons. The van der Waals surface area contributed by atoms with Crippen molar-refractivity contribution in [3.05, 3.63) is 0 Å². The normalized spacial score (nSPS) is 23.4. The monoisotopic (exact) mass is 282 g/mol. The maximum absolute atomic E-state index is 12.5. The van der Waals surface area contributed by atoms with Crippen LogP contribution < -0.4 is 5.32 Å². The zero-order chi connectivity index (χ0) is 15.1. The Morgan fingerprint density at radius 2 is 1.85 bits per heavy atom. The Kier molecular flexibility index (Phi) is 7.57. The minimum absolute atomic E-state index is 0.0674. The van der Waals surface area contributed by atoms with E-state index in [2.05, 4.69) is 44.8 Å². The summed E-state index contributed by atoms with van der Waals surface area (Å²) in [5.74, 6) is 1.69. The number of hydrogen-bond acceptors (Lipinski definition) is 2. The van der Waals surface area contributed by atoms with Crippen LogP contribution in [0.3, 0.4) is 0 Å². The van der Waals surface area contributed by atoms with Crippen molar-refractivity contribution in [1.82, 2.24) is 10.2 Å². The van der Waals surface area contributed by atoms with E-state index in [4.69, 9.17) is 0 Å². The zero-order valence-electron chi connectivity index (χ0n) is 14.1. The quantitative estimate of drug-likeness (QED) is 0.698. The average Bonchev–Trinajstić information content (AvgIpc) is 2.63. The lowest BCUT2D eigenvalue weighted by atomic mass is 10.1. The summed E-state index contributed by atoms with van der Waals surface area (Å²) >= 11 is 0. The number of carbonyl (C=O) groups excluding carboxylic acids is 1. The van der Waals surface area contributed by atoms with Crippen molar-refractivity contribution in [2.45, 2.75) is 85.4 Å². The van der Waals surface area contributed by atoms with Crippen LogP contribution >= 0.6 is 0 Å². The molecular weight excluding hydrogens is 248 g/mol. The topological polar surface area (TPSA) is 32.3 Å². The molecule has 1 aliphatic rings. The van der Waals surface area contributed by atoms with Crippen LogP contribution in [0.1, 0.15) is 73.1 Å². The van der Waals surface area contributed by atoms with Crippen LogP contribution in [0.25, 0.3) is 0 Å². The van der Waals surface area contributed by atoms with Crippen molar-refractivity contribution < 1.29 is 4.79 Å². The van der Waals surface area contributed by atoms with E-state index >= 15 is 0 Å². The molecule has 0 saturated carbocycles. The first-order valence-electron chi connectivity index (χ1n) is 8.52. The van der Waals surface area contributed by atoms with Gasteiger partial charge in [-0.3, -0.25) is 10.1 Å². The third kappa shape index (κ3) is 5.43. The van der Waals surface area contributed by atoms with Gasteiger partial charge in [0.1, 0.15) is 0 Å². The molecular formula is C17H34N2O. The van der Waals surface area contributed by atoms with Gasteiger partial charge in [0.15, 0.2) is 0 Å². The third-order valence-electron chi connectivity index (χ3n) is 4.07. The lowest BCUT2D eigenvalue weighted by Crippen LogP contribution is -2.39. The molecule has 0 spiro atoms. The molecule has 0 radical (unpaired) electrons. The van der Waals surface area contributed by atoms with Gasteiger partial charge in [-0.05, 0) is 37.5 Å². The second kappa shape index (κ2) is 8.66. The molecule has 1 aliphatic heterocycles. The Balaban J connectivity index is 2.57. The lowest BCUT2D eigenvalue weighted by molar-refractivity contribution is -0.130. The Hall–Kier alpha value is -0.570. The molecule has 0 aliphatic carbocycles. The van der Waals surface area contributed by atoms with Crippen molar-refractivity contribution in [3.63, 3.8) is 0 Å². The highest BCUT2D eigenvalue weighted by molar-refractivity contribution is 5.84. The summed E-state index contributed by atoms with van der Waals surface area (Å²) in [6, 6.07) is 0.0674. The number of nitrogens with one attached hydrogen (secondary N) is 1. The number of carbonyl (C=O) groups is 1. The van der Waals surface area contributed by atoms with Gasteiger partial charge in [0.05, 0.1) is 12.2 Å². The molecule has 1 fully saturated rings. The fourth-order valence-electron chi connectivity index (χ4n) is 2.94. The fourth-order valence-corrected chi connectivity index (χ4v) is 2.94. The molecule has 1 rings (SSSR count). The van der Waals surface area contributed by atoms with Crippen LogP contribution in [0, 0.1) is 11.8 Å². The first-order valence-corrected chi connectivity index (χ1v) is 8.52. The highest BCUT2D eigenvalue weighted by Gasteiger charge is 2.37. The number of rotatable bonds is 9. The van der Waals surface area contributed by atoms with Crippen LogP contribution in [-0.2, 0) is 4.79 Å². The van der Waals surface area contributed by atoms with Gasteiger partial charge in [0.25, 0.3) is 0 Å². The van der Waals surface area contributed by atoms with Crippen molar-refractivity contribution in [2.75, 3.05) is 6.54 Å². The zero-order valence-corrected chi connectivity index (χ0v) is 14.1. The Labute approximate surface area is 125 Å². The second-order valence-electron chi connectivity index (χ2n) is 7.07. The van der Waals surface area contributed by atoms with Gasteiger partial charge < -0.3 is 4.90 Å². The van der Waals surface area contributed by atoms with Crippen LogP contribution in [0.4, 0.5) is 0 Å². The van der Waals surface area contributed by atoms with Crippen molar-refractivity contribution in [2.24, 2.45) is 11.8 Å². The molecule has 1 amide bonds. The van der Waals surface area contributed by atoms with Gasteiger partial charge in [-0.15, -0.1) is 0 Å². The molecule has 0 bridgehead atoms. The van der Waals surface area contributed by atoms with Gasteiger partial charge in [0.2, 0.25) is 5.91 Å². The molecule has 2 unspecified atom stereocenters. The smallest absolute Gasteiger partial charge is 0.241 e. The Morgan fingerprint density at radius 1 is 1.15 bits per heavy atom. The predicted molar refractivity (Wildman–Crippen MR) is 85.5 cm³/mol. The molecule has 0 aromatic rings. The number of unbranched alkanes of at least 4 members (excludes halogenated alkanes) is 1. The van der Waals surface area contributed by atoms with E-state index in [-0.39, 0.29) is 12.2 Å². The summed E-state index contributed by atoms with van der Waals surface area (Å²) < 4.78 is 0. The minimum atomic E-state index is 0.0674. The van der Waals surface area contributed by atoms with Gasteiger partial charge in [-0.25, -0.2) is 0 Å². The third-order valence-corrected chi connectivity index (χ3v) is 4.07. The average molecular weight is 282 g/mol. The molecule has 0 aromatic carbocycles. The van der Waals surface area contributed by atoms with E-state index in [0.717, 1.165) is 44.6 Å². The van der Waals surface area contributed by atoms with Crippen molar-refractivity contribution in [3.8, 4) is 0 Å². The Bertz CT molecular complexity index is 289. The predicted octanol–water partition coefficient (Wildman–Crippen LogP) is 3.79. The first-order chi connectivity index (χ1) is 9.45. The number of nitrogens with zero attached hydrogens (tertiary/aromatic N) is 1. The second-order valence-corrected chi connectivity index (χ2v) is 7.07. The van der Waals surface area contributed by atoms with Gasteiger partial charge in [0, 0.05) is 6.54 Å². The molecule has 1 N–H and O–H groups in total. The fraction of sp³-hybridized carbons (Fsp3) is 0.941. The maximum atomic E-state index is 12.5. The standard InChI is InChI=1S/C17H34N2O/c1-6-7-10-15-17(20)19(11-8-9-13(2)3)16(18-15)12-14(4)5/h13-16,18H,6-12H2,1-5H3. The van der Waals surface area contributed by atoms with Crippen LogP contribution in [-0.4, -0.2) is 29.6 Å². The molecule has 1 saturated heterocycles. The van der Waals surface area contributed by atoms with Crippen molar-refractivity contribution in [1.29, 1.82) is 0 Å². The van der Waals surface area contributed by atoms with Gasteiger partial charge in [-0.2, -0.15) is 0 Å². The molecule has 1 heterocycles. The van der Waals surface area contributed by atoms with Crippen LogP contribution in [0.15, 0.2) is 0 Å². The SMILES string of the molecule is CCCCC1NC(CC(C)C)N(CCCC(C)C)C1=O. The summed E-state index contributed by atoms with van der Waals surface area (Å²) in [4.78, 5) is 14.7. The minimum Gasteiger partial charge on any atom is -0.326 e. The summed E-state index contributed by atoms with van der Waals surface area (Å²) in [7, 11) is 0. The largest absolute Gasteiger partial charge is 0.326 e. The molecule has 3 heteroatoms. The highest BCUT2D eigenvalue weighted by Crippen LogP contribution is 2.21. The summed E-state index contributed by atoms with van der Waals surface area (Å²) in [6.45, 7) is 12.1.